The Kier molecular flexibility index (Phi) is 2.49. The van der Waals surface area contributed by atoms with Crippen molar-refractivity contribution in [1.82, 2.24) is 5.32 Å². The second-order valence-corrected chi connectivity index (χ2v) is 3.67. The first kappa shape index (κ1) is 9.83. The molecule has 4 heteroatoms. The molecule has 0 aromatic heterocycles. The van der Waals surface area contributed by atoms with Crippen LogP contribution in [0, 0.1) is 6.92 Å². The molecule has 1 aromatic rings. The van der Waals surface area contributed by atoms with Crippen LogP contribution in [0.15, 0.2) is 18.2 Å². The third-order valence-corrected chi connectivity index (χ3v) is 2.55. The van der Waals surface area contributed by atoms with Gasteiger partial charge in [-0.1, -0.05) is 12.1 Å². The van der Waals surface area contributed by atoms with E-state index >= 15 is 0 Å². The average molecular weight is 207 g/mol. The Morgan fingerprint density at radius 1 is 1.53 bits per heavy atom. The van der Waals surface area contributed by atoms with Crippen molar-refractivity contribution in [3.05, 3.63) is 29.3 Å². The molecule has 15 heavy (non-hydrogen) atoms. The number of carbonyl (C=O) groups excluding carboxylic acids is 1. The summed E-state index contributed by atoms with van der Waals surface area (Å²) in [6.07, 6.45) is 0.382. The fourth-order valence-electron chi connectivity index (χ4n) is 1.67. The first-order chi connectivity index (χ1) is 7.16. The maximum atomic E-state index is 11.0. The summed E-state index contributed by atoms with van der Waals surface area (Å²) in [5.74, 6) is 0.275. The molecule has 1 heterocycles. The van der Waals surface area contributed by atoms with E-state index in [0.29, 0.717) is 6.61 Å². The SMILES string of the molecule is Cc1cc([C@@H]2CCOC(=O)N2)ccc1O. The fraction of sp³-hybridized carbons (Fsp3) is 0.364. The highest BCUT2D eigenvalue weighted by Gasteiger charge is 2.20. The Labute approximate surface area is 87.9 Å². The number of rotatable bonds is 1. The van der Waals surface area contributed by atoms with Crippen molar-refractivity contribution in [2.75, 3.05) is 6.61 Å². The van der Waals surface area contributed by atoms with Gasteiger partial charge in [-0.2, -0.15) is 0 Å². The summed E-state index contributed by atoms with van der Waals surface area (Å²) in [6.45, 7) is 2.27. The van der Waals surface area contributed by atoms with Crippen molar-refractivity contribution in [3.63, 3.8) is 0 Å². The molecule has 1 aromatic carbocycles. The number of phenols is 1. The van der Waals surface area contributed by atoms with Crippen molar-refractivity contribution >= 4 is 6.09 Å². The molecule has 0 spiro atoms. The molecule has 1 saturated heterocycles. The molecule has 0 radical (unpaired) electrons. The minimum atomic E-state index is -0.378. The highest BCUT2D eigenvalue weighted by Crippen LogP contribution is 2.24. The molecular formula is C11H13NO3. The molecule has 4 nitrogen and oxygen atoms in total. The van der Waals surface area contributed by atoms with E-state index in [1.165, 1.54) is 0 Å². The van der Waals surface area contributed by atoms with Crippen molar-refractivity contribution in [2.24, 2.45) is 0 Å². The van der Waals surface area contributed by atoms with E-state index in [-0.39, 0.29) is 17.9 Å². The first-order valence-electron chi connectivity index (χ1n) is 4.89. The predicted molar refractivity (Wildman–Crippen MR) is 54.7 cm³/mol. The monoisotopic (exact) mass is 207 g/mol. The topological polar surface area (TPSA) is 58.6 Å². The van der Waals surface area contributed by atoms with Crippen LogP contribution >= 0.6 is 0 Å². The number of aryl methyl sites for hydroxylation is 1. The van der Waals surface area contributed by atoms with Gasteiger partial charge in [0.1, 0.15) is 5.75 Å². The van der Waals surface area contributed by atoms with Crippen LogP contribution in [0.5, 0.6) is 5.75 Å². The quantitative estimate of drug-likeness (QED) is 0.739. The molecular weight excluding hydrogens is 194 g/mol. The number of carbonyl (C=O) groups is 1. The molecule has 2 N–H and O–H groups in total. The standard InChI is InChI=1S/C11H13NO3/c1-7-6-8(2-3-10(7)13)9-4-5-15-11(14)12-9/h2-3,6,9,13H,4-5H2,1H3,(H,12,14)/t9-/m0/s1. The van der Waals surface area contributed by atoms with Crippen molar-refractivity contribution in [2.45, 2.75) is 19.4 Å². The highest BCUT2D eigenvalue weighted by molar-refractivity contribution is 5.68. The molecule has 2 rings (SSSR count). The normalized spacial score (nSPS) is 20.6. The molecule has 0 bridgehead atoms. The minimum absolute atomic E-state index is 0.00875. The van der Waals surface area contributed by atoms with Gasteiger partial charge in [-0.3, -0.25) is 0 Å². The van der Waals surface area contributed by atoms with E-state index in [1.54, 1.807) is 6.07 Å². The van der Waals surface area contributed by atoms with Crippen LogP contribution in [0.1, 0.15) is 23.6 Å². The number of amides is 1. The zero-order valence-corrected chi connectivity index (χ0v) is 8.49. The van der Waals surface area contributed by atoms with E-state index in [2.05, 4.69) is 5.32 Å². The summed E-state index contributed by atoms with van der Waals surface area (Å²) in [5.41, 5.74) is 1.81. The Morgan fingerprint density at radius 3 is 3.00 bits per heavy atom. The third-order valence-electron chi connectivity index (χ3n) is 2.55. The Bertz CT molecular complexity index is 389. The van der Waals surface area contributed by atoms with Gasteiger partial charge in [0.05, 0.1) is 12.6 Å². The predicted octanol–water partition coefficient (Wildman–Crippen LogP) is 1.87. The smallest absolute Gasteiger partial charge is 0.407 e. The number of nitrogens with one attached hydrogen (secondary N) is 1. The molecule has 1 amide bonds. The minimum Gasteiger partial charge on any atom is -0.508 e. The number of aromatic hydroxyl groups is 1. The summed E-state index contributed by atoms with van der Waals surface area (Å²) in [5, 5.41) is 12.1. The summed E-state index contributed by atoms with van der Waals surface area (Å²) < 4.78 is 4.78. The Balaban J connectivity index is 2.21. The van der Waals surface area contributed by atoms with Crippen molar-refractivity contribution in [3.8, 4) is 5.75 Å². The maximum absolute atomic E-state index is 11.0. The number of ether oxygens (including phenoxy) is 1. The molecule has 1 fully saturated rings. The lowest BCUT2D eigenvalue weighted by Crippen LogP contribution is -2.35. The van der Waals surface area contributed by atoms with E-state index in [1.807, 2.05) is 19.1 Å². The molecule has 0 aliphatic carbocycles. The molecule has 1 atom stereocenters. The van der Waals surface area contributed by atoms with Crippen LogP contribution in [-0.2, 0) is 4.74 Å². The van der Waals surface area contributed by atoms with E-state index in [0.717, 1.165) is 17.5 Å². The highest BCUT2D eigenvalue weighted by atomic mass is 16.5. The number of phenolic OH excluding ortho intramolecular Hbond substituents is 1. The summed E-state index contributed by atoms with van der Waals surface area (Å²) >= 11 is 0. The fourth-order valence-corrected chi connectivity index (χ4v) is 1.67. The van der Waals surface area contributed by atoms with Crippen LogP contribution in [0.3, 0.4) is 0 Å². The van der Waals surface area contributed by atoms with Gasteiger partial charge in [-0.05, 0) is 24.1 Å². The second kappa shape index (κ2) is 3.81. The third kappa shape index (κ3) is 2.03. The Morgan fingerprint density at radius 2 is 2.33 bits per heavy atom. The maximum Gasteiger partial charge on any atom is 0.407 e. The summed E-state index contributed by atoms with van der Waals surface area (Å²) in [4.78, 5) is 11.0. The Hall–Kier alpha value is -1.71. The summed E-state index contributed by atoms with van der Waals surface area (Å²) in [7, 11) is 0. The number of cyclic esters (lactones) is 1. The first-order valence-corrected chi connectivity index (χ1v) is 4.89. The van der Waals surface area contributed by atoms with Crippen molar-refractivity contribution in [1.29, 1.82) is 0 Å². The molecule has 80 valence electrons. The van der Waals surface area contributed by atoms with Gasteiger partial charge in [0.15, 0.2) is 0 Å². The van der Waals surface area contributed by atoms with Gasteiger partial charge in [0.25, 0.3) is 0 Å². The molecule has 0 unspecified atom stereocenters. The van der Waals surface area contributed by atoms with Crippen LogP contribution in [0.2, 0.25) is 0 Å². The average Bonchev–Trinajstić information content (AvgIpc) is 2.22. The lowest BCUT2D eigenvalue weighted by atomic mass is 10.0. The number of alkyl carbamates (subject to hydrolysis) is 1. The molecule has 1 aliphatic rings. The van der Waals surface area contributed by atoms with Gasteiger partial charge in [-0.25, -0.2) is 4.79 Å². The zero-order valence-electron chi connectivity index (χ0n) is 8.49. The van der Waals surface area contributed by atoms with Crippen molar-refractivity contribution < 1.29 is 14.6 Å². The number of benzene rings is 1. The summed E-state index contributed by atoms with van der Waals surface area (Å²) in [6, 6.07) is 5.33. The van der Waals surface area contributed by atoms with Gasteiger partial charge in [-0.15, -0.1) is 0 Å². The second-order valence-electron chi connectivity index (χ2n) is 3.67. The molecule has 1 aliphatic heterocycles. The van der Waals surface area contributed by atoms with Crippen LogP contribution in [-0.4, -0.2) is 17.8 Å². The lowest BCUT2D eigenvalue weighted by Gasteiger charge is -2.24. The van der Waals surface area contributed by atoms with Gasteiger partial charge >= 0.3 is 6.09 Å². The van der Waals surface area contributed by atoms with E-state index in [9.17, 15) is 9.90 Å². The number of hydrogen-bond acceptors (Lipinski definition) is 3. The molecule has 0 saturated carbocycles. The lowest BCUT2D eigenvalue weighted by molar-refractivity contribution is 0.115. The van der Waals surface area contributed by atoms with E-state index in [4.69, 9.17) is 4.74 Å². The van der Waals surface area contributed by atoms with Crippen LogP contribution in [0.25, 0.3) is 0 Å². The number of hydrogen-bond donors (Lipinski definition) is 2. The van der Waals surface area contributed by atoms with Crippen LogP contribution in [0.4, 0.5) is 4.79 Å². The largest absolute Gasteiger partial charge is 0.508 e. The van der Waals surface area contributed by atoms with Gasteiger partial charge in [0.2, 0.25) is 0 Å². The zero-order chi connectivity index (χ0) is 10.8. The van der Waals surface area contributed by atoms with Gasteiger partial charge in [0, 0.05) is 6.42 Å². The van der Waals surface area contributed by atoms with Gasteiger partial charge < -0.3 is 15.2 Å². The van der Waals surface area contributed by atoms with Crippen LogP contribution < -0.4 is 5.32 Å². The van der Waals surface area contributed by atoms with E-state index < -0.39 is 0 Å².